The van der Waals surface area contributed by atoms with Crippen LogP contribution in [0.2, 0.25) is 5.02 Å². The quantitative estimate of drug-likeness (QED) is 0.928. The van der Waals surface area contributed by atoms with Crippen molar-refractivity contribution in [2.24, 2.45) is 0 Å². The maximum absolute atomic E-state index is 12.5. The fourth-order valence-electron chi connectivity index (χ4n) is 2.62. The molecule has 1 aromatic rings. The summed E-state index contributed by atoms with van der Waals surface area (Å²) in [5, 5.41) is 9.54. The van der Waals surface area contributed by atoms with Gasteiger partial charge in [-0.3, -0.25) is 9.59 Å². The molecule has 0 atom stereocenters. The molecule has 108 valence electrons. The Labute approximate surface area is 123 Å². The van der Waals surface area contributed by atoms with Crippen LogP contribution in [0.5, 0.6) is 0 Å². The van der Waals surface area contributed by atoms with Crippen molar-refractivity contribution in [2.45, 2.75) is 38.6 Å². The minimum atomic E-state index is -0.983. The average molecular weight is 296 g/mol. The summed E-state index contributed by atoms with van der Waals surface area (Å²) in [5.74, 6) is -1.23. The number of halogens is 1. The Hall–Kier alpha value is -1.55. The van der Waals surface area contributed by atoms with Crippen molar-refractivity contribution in [1.29, 1.82) is 0 Å². The third-order valence-electron chi connectivity index (χ3n) is 3.75. The molecule has 4 nitrogen and oxygen atoms in total. The first-order valence-corrected chi connectivity index (χ1v) is 7.15. The summed E-state index contributed by atoms with van der Waals surface area (Å²) in [6.45, 7) is 1.61. The van der Waals surface area contributed by atoms with E-state index < -0.39 is 5.97 Å². The van der Waals surface area contributed by atoms with Gasteiger partial charge in [0.2, 0.25) is 0 Å². The molecule has 1 N–H and O–H groups in total. The maximum Gasteiger partial charge on any atom is 0.323 e. The number of carboxylic acid groups (broad SMARTS) is 1. The lowest BCUT2D eigenvalue weighted by Crippen LogP contribution is -2.42. The minimum absolute atomic E-state index is 0.0266. The predicted molar refractivity (Wildman–Crippen MR) is 77.1 cm³/mol. The molecule has 1 aromatic carbocycles. The molecule has 1 saturated carbocycles. The van der Waals surface area contributed by atoms with Crippen LogP contribution < -0.4 is 0 Å². The van der Waals surface area contributed by atoms with E-state index in [-0.39, 0.29) is 18.5 Å². The van der Waals surface area contributed by atoms with Crippen LogP contribution in [0.1, 0.15) is 41.6 Å². The molecule has 0 unspecified atom stereocenters. The van der Waals surface area contributed by atoms with Gasteiger partial charge in [0.05, 0.1) is 0 Å². The molecule has 0 aromatic heterocycles. The molecule has 0 bridgehead atoms. The van der Waals surface area contributed by atoms with Crippen LogP contribution in [0.4, 0.5) is 0 Å². The molecule has 0 radical (unpaired) electrons. The van der Waals surface area contributed by atoms with Crippen LogP contribution in [-0.2, 0) is 4.79 Å². The number of aryl methyl sites for hydroxylation is 1. The van der Waals surface area contributed by atoms with Gasteiger partial charge >= 0.3 is 5.97 Å². The van der Waals surface area contributed by atoms with E-state index in [2.05, 4.69) is 0 Å². The van der Waals surface area contributed by atoms with Crippen LogP contribution in [0.25, 0.3) is 0 Å². The lowest BCUT2D eigenvalue weighted by Gasteiger charge is -2.27. The second-order valence-electron chi connectivity index (χ2n) is 5.23. The lowest BCUT2D eigenvalue weighted by molar-refractivity contribution is -0.138. The Morgan fingerprint density at radius 1 is 1.35 bits per heavy atom. The first-order chi connectivity index (χ1) is 9.49. The number of hydrogen-bond acceptors (Lipinski definition) is 2. The first kappa shape index (κ1) is 14.9. The van der Waals surface area contributed by atoms with Gasteiger partial charge in [-0.15, -0.1) is 0 Å². The fourth-order valence-corrected chi connectivity index (χ4v) is 2.80. The Morgan fingerprint density at radius 2 is 2.00 bits per heavy atom. The van der Waals surface area contributed by atoms with E-state index in [1.165, 1.54) is 4.90 Å². The number of benzene rings is 1. The zero-order chi connectivity index (χ0) is 14.7. The standard InChI is InChI=1S/C15H18ClNO3/c1-10-6-7-11(8-13(10)16)15(20)17(9-14(18)19)12-4-2-3-5-12/h6-8,12H,2-5,9H2,1H3,(H,18,19). The first-order valence-electron chi connectivity index (χ1n) is 6.78. The molecular weight excluding hydrogens is 278 g/mol. The summed E-state index contributed by atoms with van der Waals surface area (Å²) in [6.07, 6.45) is 3.84. The summed E-state index contributed by atoms with van der Waals surface area (Å²) in [6, 6.07) is 5.12. The second-order valence-corrected chi connectivity index (χ2v) is 5.64. The summed E-state index contributed by atoms with van der Waals surface area (Å²) >= 11 is 6.04. The molecule has 5 heteroatoms. The van der Waals surface area contributed by atoms with Crippen molar-refractivity contribution >= 4 is 23.5 Å². The van der Waals surface area contributed by atoms with Gasteiger partial charge in [-0.25, -0.2) is 0 Å². The molecule has 1 aliphatic rings. The van der Waals surface area contributed by atoms with E-state index in [1.54, 1.807) is 18.2 Å². The number of rotatable bonds is 4. The topological polar surface area (TPSA) is 57.6 Å². The van der Waals surface area contributed by atoms with Gasteiger partial charge in [-0.1, -0.05) is 30.5 Å². The minimum Gasteiger partial charge on any atom is -0.480 e. The van der Waals surface area contributed by atoms with Crippen LogP contribution >= 0.6 is 11.6 Å². The molecule has 1 aliphatic carbocycles. The number of nitrogens with zero attached hydrogens (tertiary/aromatic N) is 1. The monoisotopic (exact) mass is 295 g/mol. The van der Waals surface area contributed by atoms with E-state index in [4.69, 9.17) is 16.7 Å². The number of carboxylic acids is 1. The number of hydrogen-bond donors (Lipinski definition) is 1. The predicted octanol–water partition coefficient (Wildman–Crippen LogP) is 3.12. The molecule has 0 saturated heterocycles. The summed E-state index contributed by atoms with van der Waals surface area (Å²) < 4.78 is 0. The molecule has 0 aliphatic heterocycles. The number of carbonyl (C=O) groups is 2. The van der Waals surface area contributed by atoms with Gasteiger partial charge in [-0.2, -0.15) is 0 Å². The van der Waals surface area contributed by atoms with Crippen molar-refractivity contribution in [1.82, 2.24) is 4.90 Å². The number of carbonyl (C=O) groups excluding carboxylic acids is 1. The largest absolute Gasteiger partial charge is 0.480 e. The number of amides is 1. The van der Waals surface area contributed by atoms with E-state index in [9.17, 15) is 9.59 Å². The van der Waals surface area contributed by atoms with E-state index in [0.717, 1.165) is 31.2 Å². The second kappa shape index (κ2) is 6.27. The summed E-state index contributed by atoms with van der Waals surface area (Å²) in [4.78, 5) is 25.0. The van der Waals surface area contributed by atoms with Crippen LogP contribution in [0.15, 0.2) is 18.2 Å². The van der Waals surface area contributed by atoms with Gasteiger partial charge in [-0.05, 0) is 37.5 Å². The Kier molecular flexibility index (Phi) is 4.65. The lowest BCUT2D eigenvalue weighted by atomic mass is 10.1. The third kappa shape index (κ3) is 3.31. The van der Waals surface area contributed by atoms with Crippen LogP contribution in [-0.4, -0.2) is 34.5 Å². The van der Waals surface area contributed by atoms with Gasteiger partial charge < -0.3 is 10.0 Å². The zero-order valence-electron chi connectivity index (χ0n) is 11.4. The SMILES string of the molecule is Cc1ccc(C(=O)N(CC(=O)O)C2CCCC2)cc1Cl. The Morgan fingerprint density at radius 3 is 2.55 bits per heavy atom. The maximum atomic E-state index is 12.5. The highest BCUT2D eigenvalue weighted by molar-refractivity contribution is 6.31. The van der Waals surface area contributed by atoms with Gasteiger partial charge in [0, 0.05) is 16.6 Å². The van der Waals surface area contributed by atoms with E-state index in [0.29, 0.717) is 10.6 Å². The highest BCUT2D eigenvalue weighted by atomic mass is 35.5. The highest BCUT2D eigenvalue weighted by Crippen LogP contribution is 2.26. The molecule has 20 heavy (non-hydrogen) atoms. The number of aliphatic carboxylic acids is 1. The molecule has 0 heterocycles. The fraction of sp³-hybridized carbons (Fsp3) is 0.467. The molecular formula is C15H18ClNO3. The molecule has 1 amide bonds. The zero-order valence-corrected chi connectivity index (χ0v) is 12.2. The summed E-state index contributed by atoms with van der Waals surface area (Å²) in [7, 11) is 0. The molecule has 1 fully saturated rings. The van der Waals surface area contributed by atoms with Crippen molar-refractivity contribution in [2.75, 3.05) is 6.54 Å². The van der Waals surface area contributed by atoms with Crippen molar-refractivity contribution in [3.8, 4) is 0 Å². The summed E-state index contributed by atoms with van der Waals surface area (Å²) in [5.41, 5.74) is 1.35. The van der Waals surface area contributed by atoms with E-state index >= 15 is 0 Å². The molecule has 0 spiro atoms. The van der Waals surface area contributed by atoms with Crippen LogP contribution in [0.3, 0.4) is 0 Å². The normalized spacial score (nSPS) is 15.3. The van der Waals surface area contributed by atoms with Gasteiger partial charge in [0.25, 0.3) is 5.91 Å². The van der Waals surface area contributed by atoms with Gasteiger partial charge in [0.1, 0.15) is 6.54 Å². The average Bonchev–Trinajstić information content (AvgIpc) is 2.92. The van der Waals surface area contributed by atoms with Crippen molar-refractivity contribution in [3.05, 3.63) is 34.3 Å². The van der Waals surface area contributed by atoms with E-state index in [1.807, 2.05) is 6.92 Å². The smallest absolute Gasteiger partial charge is 0.323 e. The Balaban J connectivity index is 2.24. The molecule has 2 rings (SSSR count). The van der Waals surface area contributed by atoms with Crippen molar-refractivity contribution < 1.29 is 14.7 Å². The Bertz CT molecular complexity index is 524. The van der Waals surface area contributed by atoms with Crippen LogP contribution in [0, 0.1) is 6.92 Å². The van der Waals surface area contributed by atoms with Crippen molar-refractivity contribution in [3.63, 3.8) is 0 Å². The third-order valence-corrected chi connectivity index (χ3v) is 4.16. The van der Waals surface area contributed by atoms with Gasteiger partial charge in [0.15, 0.2) is 0 Å². The highest BCUT2D eigenvalue weighted by Gasteiger charge is 2.29.